The van der Waals surface area contributed by atoms with E-state index in [0.717, 1.165) is 33.4 Å². The van der Waals surface area contributed by atoms with Crippen LogP contribution in [0.5, 0.6) is 0 Å². The van der Waals surface area contributed by atoms with Gasteiger partial charge in [0.2, 0.25) is 0 Å². The zero-order chi connectivity index (χ0) is 15.5. The monoisotopic (exact) mass is 332 g/mol. The van der Waals surface area contributed by atoms with E-state index in [1.807, 2.05) is 41.9 Å². The maximum atomic E-state index is 10.7. The molecule has 0 saturated heterocycles. The van der Waals surface area contributed by atoms with Crippen molar-refractivity contribution in [2.75, 3.05) is 0 Å². The third-order valence-electron chi connectivity index (χ3n) is 3.05. The van der Waals surface area contributed by atoms with Crippen LogP contribution in [0.3, 0.4) is 0 Å². The van der Waals surface area contributed by atoms with Gasteiger partial charge in [0, 0.05) is 29.8 Å². The Labute approximate surface area is 135 Å². The molecule has 8 heteroatoms. The van der Waals surface area contributed by atoms with E-state index in [-0.39, 0.29) is 9.92 Å². The van der Waals surface area contributed by atoms with Gasteiger partial charge < -0.3 is 4.57 Å². The third-order valence-corrected chi connectivity index (χ3v) is 5.08. The Bertz CT molecular complexity index is 798. The highest BCUT2D eigenvalue weighted by Gasteiger charge is 2.13. The summed E-state index contributed by atoms with van der Waals surface area (Å²) in [4.78, 5) is 10.3. The van der Waals surface area contributed by atoms with E-state index < -0.39 is 0 Å². The Kier molecular flexibility index (Phi) is 4.21. The number of hydrogen-bond acceptors (Lipinski definition) is 6. The van der Waals surface area contributed by atoms with Gasteiger partial charge in [0.25, 0.3) is 0 Å². The summed E-state index contributed by atoms with van der Waals surface area (Å²) in [5, 5.41) is 21.9. The molecule has 0 aliphatic carbocycles. The van der Waals surface area contributed by atoms with Gasteiger partial charge in [0.15, 0.2) is 11.0 Å². The van der Waals surface area contributed by atoms with Crippen molar-refractivity contribution < 1.29 is 4.92 Å². The van der Waals surface area contributed by atoms with Crippen LogP contribution in [0.25, 0.3) is 11.4 Å². The van der Waals surface area contributed by atoms with Crippen molar-refractivity contribution in [3.05, 3.63) is 57.5 Å². The summed E-state index contributed by atoms with van der Waals surface area (Å²) in [6.45, 7) is 0. The highest BCUT2D eigenvalue weighted by Crippen LogP contribution is 2.29. The number of thioether (sulfide) groups is 1. The van der Waals surface area contributed by atoms with Gasteiger partial charge in [-0.15, -0.1) is 10.2 Å². The molecule has 0 atom stereocenters. The zero-order valence-corrected chi connectivity index (χ0v) is 13.3. The maximum Gasteiger partial charge on any atom is 0.324 e. The highest BCUT2D eigenvalue weighted by atomic mass is 32.2. The molecule has 3 aromatic rings. The van der Waals surface area contributed by atoms with Crippen LogP contribution in [0.2, 0.25) is 0 Å². The van der Waals surface area contributed by atoms with Gasteiger partial charge in [0.1, 0.15) is 0 Å². The molecule has 0 spiro atoms. The summed E-state index contributed by atoms with van der Waals surface area (Å²) < 4.78 is 1.93. The second kappa shape index (κ2) is 6.29. The number of thiophene rings is 1. The average molecular weight is 332 g/mol. The van der Waals surface area contributed by atoms with Crippen molar-refractivity contribution in [2.24, 2.45) is 7.05 Å². The lowest BCUT2D eigenvalue weighted by atomic mass is 10.2. The number of hydrogen-bond donors (Lipinski definition) is 0. The molecule has 0 aliphatic rings. The normalized spacial score (nSPS) is 10.8. The van der Waals surface area contributed by atoms with Crippen LogP contribution >= 0.6 is 23.1 Å². The molecular weight excluding hydrogens is 320 g/mol. The van der Waals surface area contributed by atoms with Crippen LogP contribution in [-0.4, -0.2) is 19.7 Å². The minimum Gasteiger partial charge on any atom is -0.305 e. The number of benzene rings is 1. The number of nitrogens with zero attached hydrogens (tertiary/aromatic N) is 4. The lowest BCUT2D eigenvalue weighted by molar-refractivity contribution is -0.380. The Hall–Kier alpha value is -2.19. The largest absolute Gasteiger partial charge is 0.324 e. The lowest BCUT2D eigenvalue weighted by Crippen LogP contribution is -1.94. The van der Waals surface area contributed by atoms with E-state index in [1.54, 1.807) is 11.4 Å². The fourth-order valence-corrected chi connectivity index (χ4v) is 3.64. The van der Waals surface area contributed by atoms with Crippen LogP contribution in [0, 0.1) is 10.1 Å². The van der Waals surface area contributed by atoms with Gasteiger partial charge in [0.05, 0.1) is 4.92 Å². The Morgan fingerprint density at radius 2 is 2.09 bits per heavy atom. The molecule has 112 valence electrons. The molecule has 0 aliphatic heterocycles. The number of nitro groups is 1. The molecule has 0 fully saturated rings. The van der Waals surface area contributed by atoms with Crippen molar-refractivity contribution in [1.29, 1.82) is 0 Å². The topological polar surface area (TPSA) is 73.8 Å². The molecule has 1 aromatic carbocycles. The van der Waals surface area contributed by atoms with Gasteiger partial charge in [-0.25, -0.2) is 0 Å². The Morgan fingerprint density at radius 1 is 1.32 bits per heavy atom. The first-order valence-electron chi connectivity index (χ1n) is 6.44. The molecule has 22 heavy (non-hydrogen) atoms. The molecule has 0 amide bonds. The van der Waals surface area contributed by atoms with E-state index >= 15 is 0 Å². The molecule has 0 radical (unpaired) electrons. The van der Waals surface area contributed by atoms with Crippen LogP contribution in [0.1, 0.15) is 5.56 Å². The van der Waals surface area contributed by atoms with Gasteiger partial charge >= 0.3 is 5.00 Å². The molecule has 0 bridgehead atoms. The molecule has 0 unspecified atom stereocenters. The standard InChI is InChI=1S/C14H12N4O2S2/c1-17-13(11-5-3-2-4-6-11)15-16-14(17)22-9-10-7-12(18(19)20)21-8-10/h2-8H,9H2,1H3. The highest BCUT2D eigenvalue weighted by molar-refractivity contribution is 7.98. The minimum absolute atomic E-state index is 0.165. The van der Waals surface area contributed by atoms with Crippen molar-refractivity contribution >= 4 is 28.1 Å². The predicted octanol–water partition coefficient (Wildman–Crippen LogP) is 3.74. The van der Waals surface area contributed by atoms with Gasteiger partial charge in [-0.1, -0.05) is 53.4 Å². The first-order valence-corrected chi connectivity index (χ1v) is 8.31. The van der Waals surface area contributed by atoms with Crippen molar-refractivity contribution in [3.8, 4) is 11.4 Å². The second-order valence-electron chi connectivity index (χ2n) is 4.57. The molecule has 0 saturated carbocycles. The van der Waals surface area contributed by atoms with E-state index in [0.29, 0.717) is 5.75 Å². The molecular formula is C14H12N4O2S2. The van der Waals surface area contributed by atoms with Gasteiger partial charge in [-0.2, -0.15) is 0 Å². The first kappa shape index (κ1) is 14.7. The molecule has 3 rings (SSSR count). The van der Waals surface area contributed by atoms with Gasteiger partial charge in [-0.05, 0) is 5.56 Å². The molecule has 6 nitrogen and oxygen atoms in total. The first-order chi connectivity index (χ1) is 10.6. The molecule has 0 N–H and O–H groups in total. The average Bonchev–Trinajstić information content (AvgIpc) is 3.13. The van der Waals surface area contributed by atoms with E-state index in [2.05, 4.69) is 10.2 Å². The summed E-state index contributed by atoms with van der Waals surface area (Å²) >= 11 is 2.66. The smallest absolute Gasteiger partial charge is 0.305 e. The predicted molar refractivity (Wildman–Crippen MR) is 87.0 cm³/mol. The van der Waals surface area contributed by atoms with Crippen molar-refractivity contribution in [3.63, 3.8) is 0 Å². The molecule has 2 heterocycles. The maximum absolute atomic E-state index is 10.7. The summed E-state index contributed by atoms with van der Waals surface area (Å²) in [6, 6.07) is 11.5. The molecule has 2 aromatic heterocycles. The van der Waals surface area contributed by atoms with E-state index in [9.17, 15) is 10.1 Å². The van der Waals surface area contributed by atoms with Gasteiger partial charge in [-0.3, -0.25) is 10.1 Å². The fraction of sp³-hybridized carbons (Fsp3) is 0.143. The third kappa shape index (κ3) is 3.02. The summed E-state index contributed by atoms with van der Waals surface area (Å²) in [5.41, 5.74) is 1.93. The number of rotatable bonds is 5. The number of aromatic nitrogens is 3. The Balaban J connectivity index is 1.73. The van der Waals surface area contributed by atoms with Crippen molar-refractivity contribution in [2.45, 2.75) is 10.9 Å². The van der Waals surface area contributed by atoms with Crippen LogP contribution in [-0.2, 0) is 12.8 Å². The Morgan fingerprint density at radius 3 is 2.77 bits per heavy atom. The quantitative estimate of drug-likeness (QED) is 0.404. The van der Waals surface area contributed by atoms with E-state index in [4.69, 9.17) is 0 Å². The zero-order valence-electron chi connectivity index (χ0n) is 11.7. The SMILES string of the molecule is Cn1c(SCc2csc([N+](=O)[O-])c2)nnc1-c1ccccc1. The van der Waals surface area contributed by atoms with Crippen LogP contribution in [0.4, 0.5) is 5.00 Å². The van der Waals surface area contributed by atoms with Crippen LogP contribution < -0.4 is 0 Å². The van der Waals surface area contributed by atoms with Crippen LogP contribution in [0.15, 0.2) is 46.9 Å². The fourth-order valence-electron chi connectivity index (χ4n) is 1.96. The summed E-state index contributed by atoms with van der Waals surface area (Å²) in [7, 11) is 1.92. The summed E-state index contributed by atoms with van der Waals surface area (Å²) in [6.07, 6.45) is 0. The second-order valence-corrected chi connectivity index (χ2v) is 6.40. The summed E-state index contributed by atoms with van der Waals surface area (Å²) in [5.74, 6) is 1.44. The van der Waals surface area contributed by atoms with Crippen molar-refractivity contribution in [1.82, 2.24) is 14.8 Å². The lowest BCUT2D eigenvalue weighted by Gasteiger charge is -2.03. The minimum atomic E-state index is -0.366. The van der Waals surface area contributed by atoms with E-state index in [1.165, 1.54) is 11.8 Å².